The van der Waals surface area contributed by atoms with E-state index < -0.39 is 0 Å². The number of amides is 1. The summed E-state index contributed by atoms with van der Waals surface area (Å²) in [6.07, 6.45) is 1.18. The number of hydrogen-bond acceptors (Lipinski definition) is 3. The van der Waals surface area contributed by atoms with Gasteiger partial charge in [0, 0.05) is 19.1 Å². The number of nitrogens with zero attached hydrogens (tertiary/aromatic N) is 1. The Balaban J connectivity index is 3.75. The van der Waals surface area contributed by atoms with Crippen molar-refractivity contribution in [2.24, 2.45) is 0 Å². The molecular weight excluding hydrogens is 214 g/mol. The molecule has 0 aromatic carbocycles. The molecule has 0 rings (SSSR count). The van der Waals surface area contributed by atoms with Crippen LogP contribution in [0, 0.1) is 0 Å². The minimum absolute atomic E-state index is 0.0820. The van der Waals surface area contributed by atoms with Gasteiger partial charge in [0.2, 0.25) is 5.91 Å². The van der Waals surface area contributed by atoms with Gasteiger partial charge in [-0.25, -0.2) is 0 Å². The number of hydrogen-bond donors (Lipinski definition) is 2. The summed E-state index contributed by atoms with van der Waals surface area (Å²) in [5.41, 5.74) is 0. The summed E-state index contributed by atoms with van der Waals surface area (Å²) < 4.78 is 0. The average molecular weight is 243 g/mol. The molecule has 1 unspecified atom stereocenters. The van der Waals surface area contributed by atoms with Crippen molar-refractivity contribution in [1.29, 1.82) is 0 Å². The summed E-state index contributed by atoms with van der Waals surface area (Å²) in [5.74, 6) is 0.0820. The predicted octanol–water partition coefficient (Wildman–Crippen LogP) is 1.22. The molecule has 0 aromatic rings. The topological polar surface area (TPSA) is 44.4 Å². The molecule has 0 radical (unpaired) electrons. The Morgan fingerprint density at radius 3 is 2.29 bits per heavy atom. The molecule has 0 aliphatic rings. The maximum absolute atomic E-state index is 11.6. The predicted molar refractivity (Wildman–Crippen MR) is 73.1 cm³/mol. The van der Waals surface area contributed by atoms with Crippen molar-refractivity contribution >= 4 is 5.91 Å². The fraction of sp³-hybridized carbons (Fsp3) is 0.923. The quantitative estimate of drug-likeness (QED) is 0.640. The molecule has 0 aliphatic carbocycles. The van der Waals surface area contributed by atoms with E-state index in [0.717, 1.165) is 26.2 Å². The molecule has 0 heterocycles. The fourth-order valence-corrected chi connectivity index (χ4v) is 1.69. The highest BCUT2D eigenvalue weighted by atomic mass is 16.2. The van der Waals surface area contributed by atoms with Crippen LogP contribution in [0.25, 0.3) is 0 Å². The Morgan fingerprint density at radius 2 is 1.82 bits per heavy atom. The van der Waals surface area contributed by atoms with Crippen LogP contribution in [0.4, 0.5) is 0 Å². The van der Waals surface area contributed by atoms with Gasteiger partial charge in [0.25, 0.3) is 0 Å². The Kier molecular flexibility index (Phi) is 9.09. The smallest absolute Gasteiger partial charge is 0.237 e. The van der Waals surface area contributed by atoms with Crippen LogP contribution < -0.4 is 10.6 Å². The highest BCUT2D eigenvalue weighted by molar-refractivity contribution is 5.81. The summed E-state index contributed by atoms with van der Waals surface area (Å²) in [4.78, 5) is 14.0. The first-order chi connectivity index (χ1) is 8.01. The molecule has 17 heavy (non-hydrogen) atoms. The van der Waals surface area contributed by atoms with Crippen molar-refractivity contribution in [1.82, 2.24) is 15.5 Å². The average Bonchev–Trinajstić information content (AvgIpc) is 2.26. The maximum atomic E-state index is 11.6. The zero-order valence-corrected chi connectivity index (χ0v) is 12.0. The second kappa shape index (κ2) is 9.42. The lowest BCUT2D eigenvalue weighted by Gasteiger charge is -2.21. The number of carbonyl (C=O) groups excluding carboxylic acids is 1. The van der Waals surface area contributed by atoms with Crippen molar-refractivity contribution in [3.8, 4) is 0 Å². The van der Waals surface area contributed by atoms with Crippen LogP contribution in [0.1, 0.15) is 41.0 Å². The molecule has 4 heteroatoms. The molecule has 102 valence electrons. The van der Waals surface area contributed by atoms with Gasteiger partial charge in [-0.1, -0.05) is 13.8 Å². The second-order valence-corrected chi connectivity index (χ2v) is 4.77. The van der Waals surface area contributed by atoms with Gasteiger partial charge in [-0.15, -0.1) is 0 Å². The van der Waals surface area contributed by atoms with Gasteiger partial charge in [0.15, 0.2) is 0 Å². The summed E-state index contributed by atoms with van der Waals surface area (Å²) >= 11 is 0. The van der Waals surface area contributed by atoms with Gasteiger partial charge in [0.05, 0.1) is 6.04 Å². The molecule has 0 saturated carbocycles. The van der Waals surface area contributed by atoms with Crippen LogP contribution in [-0.2, 0) is 4.79 Å². The van der Waals surface area contributed by atoms with E-state index >= 15 is 0 Å². The Hall–Kier alpha value is -0.610. The standard InChI is InChI=1S/C13H29N3O/c1-6-9-16(7-2)10-8-14-12(5)13(17)15-11(3)4/h11-12,14H,6-10H2,1-5H3,(H,15,17). The van der Waals surface area contributed by atoms with E-state index in [1.807, 2.05) is 20.8 Å². The van der Waals surface area contributed by atoms with E-state index in [1.54, 1.807) is 0 Å². The molecule has 4 nitrogen and oxygen atoms in total. The SMILES string of the molecule is CCCN(CC)CCNC(C)C(=O)NC(C)C. The first-order valence-corrected chi connectivity index (χ1v) is 6.77. The third-order valence-electron chi connectivity index (χ3n) is 2.69. The second-order valence-electron chi connectivity index (χ2n) is 4.77. The summed E-state index contributed by atoms with van der Waals surface area (Å²) in [7, 11) is 0. The summed E-state index contributed by atoms with van der Waals surface area (Å²) in [5, 5.41) is 6.16. The van der Waals surface area contributed by atoms with E-state index in [4.69, 9.17) is 0 Å². The molecule has 1 amide bonds. The molecule has 0 spiro atoms. The van der Waals surface area contributed by atoms with Gasteiger partial charge < -0.3 is 15.5 Å². The van der Waals surface area contributed by atoms with Crippen molar-refractivity contribution in [2.45, 2.75) is 53.1 Å². The van der Waals surface area contributed by atoms with Gasteiger partial charge in [-0.2, -0.15) is 0 Å². The highest BCUT2D eigenvalue weighted by Crippen LogP contribution is 1.90. The fourth-order valence-electron chi connectivity index (χ4n) is 1.69. The van der Waals surface area contributed by atoms with E-state index in [9.17, 15) is 4.79 Å². The Morgan fingerprint density at radius 1 is 1.18 bits per heavy atom. The number of likely N-dealkylation sites (N-methyl/N-ethyl adjacent to an activating group) is 1. The van der Waals surface area contributed by atoms with Crippen LogP contribution in [0.15, 0.2) is 0 Å². The van der Waals surface area contributed by atoms with Gasteiger partial charge in [-0.05, 0) is 40.3 Å². The first kappa shape index (κ1) is 16.4. The van der Waals surface area contributed by atoms with E-state index in [-0.39, 0.29) is 18.0 Å². The number of rotatable bonds is 9. The maximum Gasteiger partial charge on any atom is 0.237 e. The van der Waals surface area contributed by atoms with Crippen LogP contribution in [0.3, 0.4) is 0 Å². The largest absolute Gasteiger partial charge is 0.353 e. The summed E-state index contributed by atoms with van der Waals surface area (Å²) in [6, 6.07) is 0.0942. The molecule has 0 bridgehead atoms. The molecule has 0 saturated heterocycles. The molecule has 1 atom stereocenters. The van der Waals surface area contributed by atoms with Gasteiger partial charge >= 0.3 is 0 Å². The van der Waals surface area contributed by atoms with E-state index in [2.05, 4.69) is 29.4 Å². The Labute approximate surface area is 106 Å². The van der Waals surface area contributed by atoms with E-state index in [0.29, 0.717) is 0 Å². The minimum Gasteiger partial charge on any atom is -0.353 e. The monoisotopic (exact) mass is 243 g/mol. The third-order valence-corrected chi connectivity index (χ3v) is 2.69. The summed E-state index contributed by atoms with van der Waals surface area (Å²) in [6.45, 7) is 14.3. The zero-order valence-electron chi connectivity index (χ0n) is 12.0. The van der Waals surface area contributed by atoms with E-state index in [1.165, 1.54) is 6.42 Å². The van der Waals surface area contributed by atoms with Crippen LogP contribution in [-0.4, -0.2) is 49.1 Å². The number of carbonyl (C=O) groups is 1. The number of nitrogens with one attached hydrogen (secondary N) is 2. The first-order valence-electron chi connectivity index (χ1n) is 6.77. The molecule has 2 N–H and O–H groups in total. The van der Waals surface area contributed by atoms with Gasteiger partial charge in [-0.3, -0.25) is 4.79 Å². The normalized spacial score (nSPS) is 13.1. The lowest BCUT2D eigenvalue weighted by atomic mass is 10.2. The molecule has 0 fully saturated rings. The lowest BCUT2D eigenvalue weighted by Crippen LogP contribution is -2.46. The molecule has 0 aliphatic heterocycles. The molecular formula is C13H29N3O. The molecule has 0 aromatic heterocycles. The minimum atomic E-state index is -0.113. The van der Waals surface area contributed by atoms with Gasteiger partial charge in [0.1, 0.15) is 0 Å². The Bertz CT molecular complexity index is 207. The van der Waals surface area contributed by atoms with Crippen molar-refractivity contribution in [3.05, 3.63) is 0 Å². The lowest BCUT2D eigenvalue weighted by molar-refractivity contribution is -0.123. The third kappa shape index (κ3) is 8.16. The van der Waals surface area contributed by atoms with Crippen LogP contribution in [0.2, 0.25) is 0 Å². The zero-order chi connectivity index (χ0) is 13.3. The van der Waals surface area contributed by atoms with Crippen LogP contribution >= 0.6 is 0 Å². The van der Waals surface area contributed by atoms with Crippen molar-refractivity contribution in [2.75, 3.05) is 26.2 Å². The highest BCUT2D eigenvalue weighted by Gasteiger charge is 2.12. The van der Waals surface area contributed by atoms with Crippen LogP contribution in [0.5, 0.6) is 0 Å². The van der Waals surface area contributed by atoms with Crippen molar-refractivity contribution < 1.29 is 4.79 Å². The van der Waals surface area contributed by atoms with Crippen molar-refractivity contribution in [3.63, 3.8) is 0 Å².